The molecule has 2 fully saturated rings. The van der Waals surface area contributed by atoms with E-state index in [1.165, 1.54) is 12.1 Å². The zero-order valence-electron chi connectivity index (χ0n) is 12.0. The molecule has 1 N–H and O–H groups in total. The fourth-order valence-corrected chi connectivity index (χ4v) is 4.39. The molecule has 6 heteroatoms. The molecule has 112 valence electrons. The van der Waals surface area contributed by atoms with Crippen molar-refractivity contribution in [3.05, 3.63) is 29.6 Å². The van der Waals surface area contributed by atoms with Crippen molar-refractivity contribution < 1.29 is 14.0 Å². The van der Waals surface area contributed by atoms with E-state index in [4.69, 9.17) is 0 Å². The van der Waals surface area contributed by atoms with Crippen molar-refractivity contribution in [2.75, 3.05) is 11.1 Å². The van der Waals surface area contributed by atoms with Crippen LogP contribution in [0.1, 0.15) is 25.3 Å². The Labute approximate surface area is 127 Å². The maximum Gasteiger partial charge on any atom is 0.248 e. The molecule has 0 saturated carbocycles. The summed E-state index contributed by atoms with van der Waals surface area (Å²) in [4.78, 5) is 25.9. The van der Waals surface area contributed by atoms with Gasteiger partial charge in [-0.25, -0.2) is 4.39 Å². The summed E-state index contributed by atoms with van der Waals surface area (Å²) in [5, 5.41) is 2.76. The van der Waals surface area contributed by atoms with E-state index in [0.717, 1.165) is 12.0 Å². The highest BCUT2D eigenvalue weighted by Gasteiger charge is 2.52. The van der Waals surface area contributed by atoms with Crippen LogP contribution in [-0.2, 0) is 9.59 Å². The second-order valence-corrected chi connectivity index (χ2v) is 7.22. The van der Waals surface area contributed by atoms with Gasteiger partial charge in [0.15, 0.2) is 0 Å². The number of hydrogen-bond acceptors (Lipinski definition) is 3. The summed E-state index contributed by atoms with van der Waals surface area (Å²) in [5.74, 6) is -0.0183. The maximum atomic E-state index is 13.3. The topological polar surface area (TPSA) is 49.4 Å². The molecule has 0 bridgehead atoms. The van der Waals surface area contributed by atoms with Crippen LogP contribution >= 0.6 is 11.8 Å². The number of halogens is 1. The summed E-state index contributed by atoms with van der Waals surface area (Å²) < 4.78 is 13.3. The highest BCUT2D eigenvalue weighted by atomic mass is 32.2. The predicted molar refractivity (Wildman–Crippen MR) is 80.5 cm³/mol. The van der Waals surface area contributed by atoms with E-state index in [-0.39, 0.29) is 16.7 Å². The van der Waals surface area contributed by atoms with Gasteiger partial charge in [0.2, 0.25) is 11.8 Å². The van der Waals surface area contributed by atoms with Gasteiger partial charge in [0, 0.05) is 17.9 Å². The molecule has 2 aliphatic rings. The predicted octanol–water partition coefficient (Wildman–Crippen LogP) is 2.53. The smallest absolute Gasteiger partial charge is 0.248 e. The van der Waals surface area contributed by atoms with Crippen molar-refractivity contribution in [1.82, 2.24) is 4.90 Å². The third-order valence-electron chi connectivity index (χ3n) is 4.20. The van der Waals surface area contributed by atoms with E-state index < -0.39 is 11.9 Å². The van der Waals surface area contributed by atoms with Crippen LogP contribution in [0.25, 0.3) is 0 Å². The van der Waals surface area contributed by atoms with Gasteiger partial charge in [0.1, 0.15) is 11.9 Å². The first-order valence-corrected chi connectivity index (χ1v) is 7.92. The SMILES string of the molecule is Cc1ccc(F)cc1NC(=O)C1CSC2(C)CCC(=O)N12. The molecule has 2 amide bonds. The molecule has 3 rings (SSSR count). The number of carbonyl (C=O) groups excluding carboxylic acids is 2. The number of fused-ring (bicyclic) bond motifs is 1. The van der Waals surface area contributed by atoms with E-state index in [9.17, 15) is 14.0 Å². The van der Waals surface area contributed by atoms with Gasteiger partial charge < -0.3 is 10.2 Å². The Morgan fingerprint density at radius 2 is 2.29 bits per heavy atom. The third kappa shape index (κ3) is 2.41. The Balaban J connectivity index is 1.80. The summed E-state index contributed by atoms with van der Waals surface area (Å²) in [6, 6.07) is 3.81. The van der Waals surface area contributed by atoms with Gasteiger partial charge in [-0.05, 0) is 38.0 Å². The second-order valence-electron chi connectivity index (χ2n) is 5.71. The Morgan fingerprint density at radius 1 is 1.52 bits per heavy atom. The monoisotopic (exact) mass is 308 g/mol. The molecule has 0 aromatic heterocycles. The van der Waals surface area contributed by atoms with Crippen molar-refractivity contribution >= 4 is 29.3 Å². The lowest BCUT2D eigenvalue weighted by atomic mass is 10.1. The van der Waals surface area contributed by atoms with E-state index in [1.54, 1.807) is 22.7 Å². The number of nitrogens with one attached hydrogen (secondary N) is 1. The van der Waals surface area contributed by atoms with Crippen LogP contribution in [0.3, 0.4) is 0 Å². The van der Waals surface area contributed by atoms with Gasteiger partial charge in [0.25, 0.3) is 0 Å². The molecule has 2 atom stereocenters. The molecule has 0 spiro atoms. The molecule has 21 heavy (non-hydrogen) atoms. The normalized spacial score (nSPS) is 27.9. The Hall–Kier alpha value is -1.56. The quantitative estimate of drug-likeness (QED) is 0.913. The largest absolute Gasteiger partial charge is 0.324 e. The van der Waals surface area contributed by atoms with Crippen molar-refractivity contribution in [2.45, 2.75) is 37.6 Å². The summed E-state index contributed by atoms with van der Waals surface area (Å²) in [7, 11) is 0. The third-order valence-corrected chi connectivity index (χ3v) is 5.71. The van der Waals surface area contributed by atoms with Crippen LogP contribution in [0.15, 0.2) is 18.2 Å². The molecular formula is C15H17FN2O2S. The number of amides is 2. The van der Waals surface area contributed by atoms with E-state index in [2.05, 4.69) is 5.32 Å². The first-order valence-electron chi connectivity index (χ1n) is 6.94. The minimum absolute atomic E-state index is 0.0265. The van der Waals surface area contributed by atoms with Crippen LogP contribution in [0.4, 0.5) is 10.1 Å². The average molecular weight is 308 g/mol. The Morgan fingerprint density at radius 3 is 3.05 bits per heavy atom. The molecule has 1 aromatic rings. The zero-order chi connectivity index (χ0) is 15.2. The van der Waals surface area contributed by atoms with Gasteiger partial charge in [0.05, 0.1) is 4.87 Å². The first kappa shape index (κ1) is 14.4. The van der Waals surface area contributed by atoms with Crippen LogP contribution in [0, 0.1) is 12.7 Å². The number of rotatable bonds is 2. The van der Waals surface area contributed by atoms with Crippen LogP contribution < -0.4 is 5.32 Å². The number of aryl methyl sites for hydroxylation is 1. The molecule has 2 aliphatic heterocycles. The lowest BCUT2D eigenvalue weighted by molar-refractivity contribution is -0.135. The van der Waals surface area contributed by atoms with Gasteiger partial charge in [-0.2, -0.15) is 0 Å². The van der Waals surface area contributed by atoms with Gasteiger partial charge in [-0.1, -0.05) is 6.07 Å². The molecule has 2 saturated heterocycles. The van der Waals surface area contributed by atoms with E-state index >= 15 is 0 Å². The van der Waals surface area contributed by atoms with Gasteiger partial charge >= 0.3 is 0 Å². The molecule has 0 radical (unpaired) electrons. The van der Waals surface area contributed by atoms with E-state index in [1.807, 2.05) is 13.8 Å². The van der Waals surface area contributed by atoms with Crippen molar-refractivity contribution in [1.29, 1.82) is 0 Å². The minimum atomic E-state index is -0.474. The highest BCUT2D eigenvalue weighted by molar-refractivity contribution is 8.01. The zero-order valence-corrected chi connectivity index (χ0v) is 12.8. The average Bonchev–Trinajstić information content (AvgIpc) is 2.91. The lowest BCUT2D eigenvalue weighted by Crippen LogP contribution is -2.48. The van der Waals surface area contributed by atoms with Gasteiger partial charge in [-0.3, -0.25) is 9.59 Å². The lowest BCUT2D eigenvalue weighted by Gasteiger charge is -2.30. The molecule has 1 aromatic carbocycles. The van der Waals surface area contributed by atoms with Gasteiger partial charge in [-0.15, -0.1) is 11.8 Å². The summed E-state index contributed by atoms with van der Waals surface area (Å²) in [5.41, 5.74) is 1.26. The Kier molecular flexibility index (Phi) is 3.43. The van der Waals surface area contributed by atoms with Crippen LogP contribution in [-0.4, -0.2) is 33.4 Å². The maximum absolute atomic E-state index is 13.3. The number of thioether (sulfide) groups is 1. The number of benzene rings is 1. The fourth-order valence-electron chi connectivity index (χ4n) is 2.96. The molecule has 4 nitrogen and oxygen atoms in total. The first-order chi connectivity index (χ1) is 9.90. The molecule has 0 aliphatic carbocycles. The van der Waals surface area contributed by atoms with E-state index in [0.29, 0.717) is 17.9 Å². The fraction of sp³-hybridized carbons (Fsp3) is 0.467. The molecule has 2 unspecified atom stereocenters. The summed E-state index contributed by atoms with van der Waals surface area (Å²) >= 11 is 1.64. The van der Waals surface area contributed by atoms with Crippen molar-refractivity contribution in [3.63, 3.8) is 0 Å². The van der Waals surface area contributed by atoms with Crippen LogP contribution in [0.2, 0.25) is 0 Å². The Bertz CT molecular complexity index is 622. The summed E-state index contributed by atoms with van der Waals surface area (Å²) in [6.07, 6.45) is 1.27. The molecular weight excluding hydrogens is 291 g/mol. The number of hydrogen-bond donors (Lipinski definition) is 1. The van der Waals surface area contributed by atoms with Crippen LogP contribution in [0.5, 0.6) is 0 Å². The molecule has 2 heterocycles. The standard InChI is InChI=1S/C15H17FN2O2S/c1-9-3-4-10(16)7-11(9)17-14(20)12-8-21-15(2)6-5-13(19)18(12)15/h3-4,7,12H,5-6,8H2,1-2H3,(H,17,20). The number of carbonyl (C=O) groups is 2. The van der Waals surface area contributed by atoms with Crippen molar-refractivity contribution in [3.8, 4) is 0 Å². The highest BCUT2D eigenvalue weighted by Crippen LogP contribution is 2.47. The second kappa shape index (κ2) is 5.02. The van der Waals surface area contributed by atoms with Crippen molar-refractivity contribution in [2.24, 2.45) is 0 Å². The minimum Gasteiger partial charge on any atom is -0.324 e. The summed E-state index contributed by atoms with van der Waals surface area (Å²) in [6.45, 7) is 3.81. The number of anilines is 1. The number of nitrogens with zero attached hydrogens (tertiary/aromatic N) is 1.